The molecule has 0 bridgehead atoms. The Balaban J connectivity index is 2.20. The van der Waals surface area contributed by atoms with Crippen LogP contribution in [-0.2, 0) is 16.0 Å². The first-order valence-electron chi connectivity index (χ1n) is 8.15. The van der Waals surface area contributed by atoms with E-state index in [2.05, 4.69) is 30.0 Å². The van der Waals surface area contributed by atoms with Crippen LogP contribution in [0.5, 0.6) is 5.75 Å². The molecule has 0 saturated carbocycles. The predicted octanol–water partition coefficient (Wildman–Crippen LogP) is 2.23. The summed E-state index contributed by atoms with van der Waals surface area (Å²) in [6, 6.07) is 7.55. The van der Waals surface area contributed by atoms with Crippen molar-refractivity contribution in [1.29, 1.82) is 0 Å². The molecule has 0 radical (unpaired) electrons. The number of hydrazine groups is 1. The summed E-state index contributed by atoms with van der Waals surface area (Å²) >= 11 is 4.93. The summed E-state index contributed by atoms with van der Waals surface area (Å²) < 4.78 is 5.36. The average molecular weight is 351 g/mol. The number of carbonyl (C=O) groups is 2. The number of hydrogen-bond acceptors (Lipinski definition) is 4. The van der Waals surface area contributed by atoms with Crippen LogP contribution in [0.2, 0.25) is 0 Å². The lowest BCUT2D eigenvalue weighted by Crippen LogP contribution is -2.49. The van der Waals surface area contributed by atoms with Crippen molar-refractivity contribution in [1.82, 2.24) is 16.2 Å². The number of nitrogens with one attached hydrogen (secondary N) is 3. The minimum Gasteiger partial charge on any atom is -0.484 e. The zero-order valence-corrected chi connectivity index (χ0v) is 15.0. The van der Waals surface area contributed by atoms with E-state index in [-0.39, 0.29) is 17.6 Å². The van der Waals surface area contributed by atoms with E-state index >= 15 is 0 Å². The maximum atomic E-state index is 11.7. The van der Waals surface area contributed by atoms with Gasteiger partial charge in [0.15, 0.2) is 11.7 Å². The second-order valence-electron chi connectivity index (χ2n) is 5.29. The van der Waals surface area contributed by atoms with E-state index < -0.39 is 5.91 Å². The molecular weight excluding hydrogens is 326 g/mol. The van der Waals surface area contributed by atoms with Crippen molar-refractivity contribution in [2.45, 2.75) is 46.0 Å². The number of rotatable bonds is 8. The SMILES string of the molecule is CCCCCC(=O)NC(=S)NNC(=O)COc1ccc(CC)cc1. The summed E-state index contributed by atoms with van der Waals surface area (Å²) in [5.74, 6) is 0.0637. The lowest BCUT2D eigenvalue weighted by Gasteiger charge is -2.11. The van der Waals surface area contributed by atoms with Crippen LogP contribution in [0, 0.1) is 0 Å². The molecule has 2 amide bonds. The normalized spacial score (nSPS) is 9.92. The molecule has 0 saturated heterocycles. The lowest BCUT2D eigenvalue weighted by molar-refractivity contribution is -0.124. The Morgan fingerprint density at radius 2 is 1.75 bits per heavy atom. The predicted molar refractivity (Wildman–Crippen MR) is 97.5 cm³/mol. The highest BCUT2D eigenvalue weighted by Crippen LogP contribution is 2.12. The first-order chi connectivity index (χ1) is 11.5. The van der Waals surface area contributed by atoms with Gasteiger partial charge in [-0.05, 0) is 42.8 Å². The summed E-state index contributed by atoms with van der Waals surface area (Å²) in [4.78, 5) is 23.2. The van der Waals surface area contributed by atoms with Crippen molar-refractivity contribution in [3.63, 3.8) is 0 Å². The summed E-state index contributed by atoms with van der Waals surface area (Å²) in [5.41, 5.74) is 6.06. The highest BCUT2D eigenvalue weighted by Gasteiger charge is 2.06. The summed E-state index contributed by atoms with van der Waals surface area (Å²) in [6.45, 7) is 3.99. The monoisotopic (exact) mass is 351 g/mol. The van der Waals surface area contributed by atoms with Gasteiger partial charge in [0.05, 0.1) is 0 Å². The lowest BCUT2D eigenvalue weighted by atomic mass is 10.2. The van der Waals surface area contributed by atoms with Crippen molar-refractivity contribution in [3.8, 4) is 5.75 Å². The standard InChI is InChI=1S/C17H25N3O3S/c1-3-5-6-7-15(21)18-17(24)20-19-16(22)12-23-14-10-8-13(4-2)9-11-14/h8-11H,3-7,12H2,1-2H3,(H,19,22)(H2,18,20,21,24). The number of amides is 2. The first-order valence-corrected chi connectivity index (χ1v) is 8.56. The molecule has 0 fully saturated rings. The Kier molecular flexibility index (Phi) is 9.45. The molecule has 0 unspecified atom stereocenters. The molecule has 1 rings (SSSR count). The van der Waals surface area contributed by atoms with Gasteiger partial charge in [-0.2, -0.15) is 0 Å². The molecule has 6 nitrogen and oxygen atoms in total. The van der Waals surface area contributed by atoms with E-state index in [0.29, 0.717) is 12.2 Å². The van der Waals surface area contributed by atoms with Gasteiger partial charge < -0.3 is 10.1 Å². The second-order valence-corrected chi connectivity index (χ2v) is 5.70. The van der Waals surface area contributed by atoms with Crippen molar-refractivity contribution >= 4 is 29.1 Å². The molecule has 0 aliphatic carbocycles. The van der Waals surface area contributed by atoms with Gasteiger partial charge in [0, 0.05) is 6.42 Å². The van der Waals surface area contributed by atoms with E-state index in [0.717, 1.165) is 25.7 Å². The number of hydrogen-bond donors (Lipinski definition) is 3. The summed E-state index contributed by atoms with van der Waals surface area (Å²) in [5, 5.41) is 2.57. The Morgan fingerprint density at radius 1 is 1.04 bits per heavy atom. The second kappa shape index (κ2) is 11.4. The molecule has 1 aromatic carbocycles. The quantitative estimate of drug-likeness (QED) is 0.380. The molecule has 24 heavy (non-hydrogen) atoms. The van der Waals surface area contributed by atoms with Gasteiger partial charge in [0.25, 0.3) is 5.91 Å². The molecule has 0 aliphatic heterocycles. The van der Waals surface area contributed by atoms with Crippen LogP contribution in [0.4, 0.5) is 0 Å². The molecule has 1 aromatic rings. The Bertz CT molecular complexity index is 547. The molecule has 0 aliphatic rings. The van der Waals surface area contributed by atoms with Crippen LogP contribution in [0.3, 0.4) is 0 Å². The highest BCUT2D eigenvalue weighted by atomic mass is 32.1. The van der Waals surface area contributed by atoms with E-state index in [9.17, 15) is 9.59 Å². The topological polar surface area (TPSA) is 79.5 Å². The molecule has 7 heteroatoms. The van der Waals surface area contributed by atoms with Gasteiger partial charge in [-0.15, -0.1) is 0 Å². The number of benzene rings is 1. The smallest absolute Gasteiger partial charge is 0.276 e. The minimum absolute atomic E-state index is 0.0668. The van der Waals surface area contributed by atoms with E-state index in [1.54, 1.807) is 0 Å². The largest absolute Gasteiger partial charge is 0.484 e. The highest BCUT2D eigenvalue weighted by molar-refractivity contribution is 7.80. The zero-order valence-electron chi connectivity index (χ0n) is 14.2. The fourth-order valence-electron chi connectivity index (χ4n) is 1.89. The van der Waals surface area contributed by atoms with Crippen LogP contribution >= 0.6 is 12.2 Å². The molecule has 0 heterocycles. The number of unbranched alkanes of at least 4 members (excludes halogenated alkanes) is 2. The Morgan fingerprint density at radius 3 is 2.38 bits per heavy atom. The molecule has 132 valence electrons. The maximum Gasteiger partial charge on any atom is 0.276 e. The molecule has 0 atom stereocenters. The van der Waals surface area contributed by atoms with Crippen molar-refractivity contribution in [2.24, 2.45) is 0 Å². The zero-order chi connectivity index (χ0) is 17.8. The van der Waals surface area contributed by atoms with Gasteiger partial charge in [0.1, 0.15) is 5.75 Å². The summed E-state index contributed by atoms with van der Waals surface area (Å²) in [6.07, 6.45) is 4.24. The maximum absolute atomic E-state index is 11.7. The third kappa shape index (κ3) is 8.47. The van der Waals surface area contributed by atoms with Crippen LogP contribution in [0.15, 0.2) is 24.3 Å². The van der Waals surface area contributed by atoms with E-state index in [1.807, 2.05) is 24.3 Å². The number of ether oxygens (including phenoxy) is 1. The number of carbonyl (C=O) groups excluding carboxylic acids is 2. The van der Waals surface area contributed by atoms with Crippen LogP contribution in [-0.4, -0.2) is 23.5 Å². The fraction of sp³-hybridized carbons (Fsp3) is 0.471. The minimum atomic E-state index is -0.392. The first kappa shape index (κ1) is 19.9. The third-order valence-electron chi connectivity index (χ3n) is 3.28. The van der Waals surface area contributed by atoms with Crippen LogP contribution in [0.25, 0.3) is 0 Å². The Hall–Kier alpha value is -2.15. The van der Waals surface area contributed by atoms with E-state index in [4.69, 9.17) is 17.0 Å². The van der Waals surface area contributed by atoms with Gasteiger partial charge in [-0.3, -0.25) is 20.4 Å². The van der Waals surface area contributed by atoms with Crippen LogP contribution < -0.4 is 20.9 Å². The van der Waals surface area contributed by atoms with Crippen molar-refractivity contribution in [3.05, 3.63) is 29.8 Å². The number of thiocarbonyl (C=S) groups is 1. The van der Waals surface area contributed by atoms with Gasteiger partial charge in [-0.25, -0.2) is 0 Å². The Labute approximate surface area is 148 Å². The number of aryl methyl sites for hydroxylation is 1. The average Bonchev–Trinajstić information content (AvgIpc) is 2.58. The third-order valence-corrected chi connectivity index (χ3v) is 3.48. The van der Waals surface area contributed by atoms with Gasteiger partial charge in [0.2, 0.25) is 5.91 Å². The van der Waals surface area contributed by atoms with Crippen LogP contribution in [0.1, 0.15) is 45.1 Å². The molecular formula is C17H25N3O3S. The fourth-order valence-corrected chi connectivity index (χ4v) is 2.05. The van der Waals surface area contributed by atoms with E-state index in [1.165, 1.54) is 5.56 Å². The summed E-state index contributed by atoms with van der Waals surface area (Å²) in [7, 11) is 0. The molecule has 0 spiro atoms. The van der Waals surface area contributed by atoms with Crippen molar-refractivity contribution < 1.29 is 14.3 Å². The van der Waals surface area contributed by atoms with Gasteiger partial charge >= 0.3 is 0 Å². The van der Waals surface area contributed by atoms with Crippen molar-refractivity contribution in [2.75, 3.05) is 6.61 Å². The van der Waals surface area contributed by atoms with Gasteiger partial charge in [-0.1, -0.05) is 38.8 Å². The molecule has 0 aromatic heterocycles. The molecule has 3 N–H and O–H groups in total.